The summed E-state index contributed by atoms with van der Waals surface area (Å²) in [5.41, 5.74) is 7.04. The molecule has 0 aromatic carbocycles. The van der Waals surface area contributed by atoms with Gasteiger partial charge in [0.25, 0.3) is 0 Å². The molecule has 1 aliphatic carbocycles. The predicted molar refractivity (Wildman–Crippen MR) is 55.0 cm³/mol. The first-order valence-corrected chi connectivity index (χ1v) is 4.91. The number of ether oxygens (including phenoxy) is 1. The van der Waals surface area contributed by atoms with Crippen LogP contribution in [-0.4, -0.2) is 18.1 Å². The minimum atomic E-state index is -1.01. The van der Waals surface area contributed by atoms with E-state index in [0.29, 0.717) is 0 Å². The summed E-state index contributed by atoms with van der Waals surface area (Å²) in [6, 6.07) is 1.80. The highest BCUT2D eigenvalue weighted by Gasteiger charge is 2.48. The Morgan fingerprint density at radius 2 is 2.47 bits per heavy atom. The van der Waals surface area contributed by atoms with Gasteiger partial charge in [0.2, 0.25) is 0 Å². The normalized spacial score (nSPS) is 28.6. The van der Waals surface area contributed by atoms with E-state index in [1.54, 1.807) is 18.5 Å². The zero-order valence-corrected chi connectivity index (χ0v) is 8.86. The van der Waals surface area contributed by atoms with Crippen molar-refractivity contribution in [3.05, 3.63) is 29.6 Å². The molecular weight excluding hydrogens is 192 g/mol. The van der Waals surface area contributed by atoms with Crippen LogP contribution in [0.3, 0.4) is 0 Å². The Morgan fingerprint density at radius 1 is 1.73 bits per heavy atom. The van der Waals surface area contributed by atoms with E-state index in [2.05, 4.69) is 4.98 Å². The molecule has 2 rings (SSSR count). The van der Waals surface area contributed by atoms with E-state index in [-0.39, 0.29) is 11.9 Å². The van der Waals surface area contributed by atoms with Crippen LogP contribution in [0.4, 0.5) is 0 Å². The molecule has 1 aromatic heterocycles. The first kappa shape index (κ1) is 10.1. The molecule has 0 saturated carbocycles. The molecule has 0 saturated heterocycles. The van der Waals surface area contributed by atoms with Crippen molar-refractivity contribution in [3.8, 4) is 0 Å². The smallest absolute Gasteiger partial charge is 0.330 e. The van der Waals surface area contributed by atoms with Gasteiger partial charge in [0, 0.05) is 12.4 Å². The van der Waals surface area contributed by atoms with E-state index in [1.807, 2.05) is 6.92 Å². The largest absolute Gasteiger partial charge is 0.467 e. The predicted octanol–water partition coefficient (Wildman–Crippen LogP) is 0.601. The SMILES string of the molecule is COC(=O)C1(N)c2ccncc2CC1C. The Kier molecular flexibility index (Phi) is 2.23. The second-order valence-corrected chi connectivity index (χ2v) is 4.00. The maximum absolute atomic E-state index is 11.7. The third-order valence-electron chi connectivity index (χ3n) is 3.18. The van der Waals surface area contributed by atoms with Crippen LogP contribution in [0.2, 0.25) is 0 Å². The number of fused-ring (bicyclic) bond motifs is 1. The lowest BCUT2D eigenvalue weighted by Crippen LogP contribution is -2.48. The van der Waals surface area contributed by atoms with E-state index in [9.17, 15) is 4.79 Å². The van der Waals surface area contributed by atoms with Crippen molar-refractivity contribution < 1.29 is 9.53 Å². The molecule has 0 aliphatic heterocycles. The third kappa shape index (κ3) is 1.25. The van der Waals surface area contributed by atoms with Crippen LogP contribution in [0.15, 0.2) is 18.5 Å². The van der Waals surface area contributed by atoms with Gasteiger partial charge < -0.3 is 10.5 Å². The highest BCUT2D eigenvalue weighted by Crippen LogP contribution is 2.39. The van der Waals surface area contributed by atoms with Crippen molar-refractivity contribution in [2.24, 2.45) is 11.7 Å². The fourth-order valence-corrected chi connectivity index (χ4v) is 2.23. The molecule has 80 valence electrons. The van der Waals surface area contributed by atoms with Gasteiger partial charge in [-0.2, -0.15) is 0 Å². The second-order valence-electron chi connectivity index (χ2n) is 4.00. The van der Waals surface area contributed by atoms with Crippen LogP contribution in [0.25, 0.3) is 0 Å². The molecule has 4 nitrogen and oxygen atoms in total. The summed E-state index contributed by atoms with van der Waals surface area (Å²) < 4.78 is 4.78. The molecule has 0 fully saturated rings. The van der Waals surface area contributed by atoms with E-state index < -0.39 is 5.54 Å². The van der Waals surface area contributed by atoms with Crippen molar-refractivity contribution in [1.29, 1.82) is 0 Å². The van der Waals surface area contributed by atoms with Crippen molar-refractivity contribution >= 4 is 5.97 Å². The molecule has 1 aromatic rings. The van der Waals surface area contributed by atoms with Crippen LogP contribution in [0, 0.1) is 5.92 Å². The summed E-state index contributed by atoms with van der Waals surface area (Å²) in [5, 5.41) is 0. The van der Waals surface area contributed by atoms with Crippen molar-refractivity contribution in [2.75, 3.05) is 7.11 Å². The van der Waals surface area contributed by atoms with Crippen LogP contribution in [0.1, 0.15) is 18.1 Å². The maximum atomic E-state index is 11.7. The lowest BCUT2D eigenvalue weighted by Gasteiger charge is -2.26. The summed E-state index contributed by atoms with van der Waals surface area (Å²) in [6.45, 7) is 1.96. The molecule has 15 heavy (non-hydrogen) atoms. The zero-order valence-electron chi connectivity index (χ0n) is 8.86. The molecule has 2 unspecified atom stereocenters. The summed E-state index contributed by atoms with van der Waals surface area (Å²) in [5.74, 6) is -0.330. The molecule has 0 spiro atoms. The summed E-state index contributed by atoms with van der Waals surface area (Å²) in [4.78, 5) is 15.8. The van der Waals surface area contributed by atoms with E-state index in [4.69, 9.17) is 10.5 Å². The lowest BCUT2D eigenvalue weighted by atomic mass is 9.86. The van der Waals surface area contributed by atoms with Crippen molar-refractivity contribution in [1.82, 2.24) is 4.98 Å². The standard InChI is InChI=1S/C11H14N2O2/c1-7-5-8-6-13-4-3-9(8)11(7,12)10(14)15-2/h3-4,6-7H,5,12H2,1-2H3. The molecular formula is C11H14N2O2. The average Bonchev–Trinajstić information content (AvgIpc) is 2.52. The molecule has 1 heterocycles. The number of pyridine rings is 1. The van der Waals surface area contributed by atoms with Gasteiger partial charge in [0.15, 0.2) is 0 Å². The number of aromatic nitrogens is 1. The topological polar surface area (TPSA) is 65.2 Å². The van der Waals surface area contributed by atoms with Crippen molar-refractivity contribution in [2.45, 2.75) is 18.9 Å². The Labute approximate surface area is 88.4 Å². The molecule has 1 aliphatic rings. The average molecular weight is 206 g/mol. The van der Waals surface area contributed by atoms with Crippen LogP contribution in [-0.2, 0) is 21.5 Å². The highest BCUT2D eigenvalue weighted by atomic mass is 16.5. The van der Waals surface area contributed by atoms with Gasteiger partial charge in [-0.1, -0.05) is 6.92 Å². The Morgan fingerprint density at radius 3 is 3.13 bits per heavy atom. The number of esters is 1. The number of nitrogens with zero attached hydrogens (tertiary/aromatic N) is 1. The van der Waals surface area contributed by atoms with E-state index >= 15 is 0 Å². The molecule has 0 amide bonds. The lowest BCUT2D eigenvalue weighted by molar-refractivity contribution is -0.149. The number of carbonyl (C=O) groups is 1. The summed E-state index contributed by atoms with van der Waals surface area (Å²) >= 11 is 0. The van der Waals surface area contributed by atoms with Crippen LogP contribution in [0.5, 0.6) is 0 Å². The molecule has 2 N–H and O–H groups in total. The molecule has 4 heteroatoms. The number of carbonyl (C=O) groups excluding carboxylic acids is 1. The maximum Gasteiger partial charge on any atom is 0.330 e. The third-order valence-corrected chi connectivity index (χ3v) is 3.18. The number of nitrogens with two attached hydrogens (primary N) is 1. The Balaban J connectivity index is 2.54. The van der Waals surface area contributed by atoms with Gasteiger partial charge in [-0.25, -0.2) is 4.79 Å². The van der Waals surface area contributed by atoms with Gasteiger partial charge in [0.05, 0.1) is 7.11 Å². The number of methoxy groups -OCH3 is 1. The quantitative estimate of drug-likeness (QED) is 0.683. The summed E-state index contributed by atoms with van der Waals surface area (Å²) in [7, 11) is 1.36. The highest BCUT2D eigenvalue weighted by molar-refractivity contribution is 5.84. The van der Waals surface area contributed by atoms with E-state index in [1.165, 1.54) is 7.11 Å². The fraction of sp³-hybridized carbons (Fsp3) is 0.455. The Hall–Kier alpha value is -1.42. The van der Waals surface area contributed by atoms with Gasteiger partial charge >= 0.3 is 5.97 Å². The minimum Gasteiger partial charge on any atom is -0.467 e. The minimum absolute atomic E-state index is 0.0455. The van der Waals surface area contributed by atoms with Crippen molar-refractivity contribution in [3.63, 3.8) is 0 Å². The molecule has 2 atom stereocenters. The molecule has 0 radical (unpaired) electrons. The Bertz CT molecular complexity index is 405. The second kappa shape index (κ2) is 3.31. The van der Waals surface area contributed by atoms with E-state index in [0.717, 1.165) is 17.5 Å². The first-order chi connectivity index (χ1) is 7.10. The van der Waals surface area contributed by atoms with Crippen LogP contribution < -0.4 is 5.73 Å². The monoisotopic (exact) mass is 206 g/mol. The first-order valence-electron chi connectivity index (χ1n) is 4.91. The summed E-state index contributed by atoms with van der Waals surface area (Å²) in [6.07, 6.45) is 4.19. The van der Waals surface area contributed by atoms with Gasteiger partial charge in [-0.15, -0.1) is 0 Å². The number of rotatable bonds is 1. The number of hydrogen-bond acceptors (Lipinski definition) is 4. The van der Waals surface area contributed by atoms with Gasteiger partial charge in [0.1, 0.15) is 5.54 Å². The fourth-order valence-electron chi connectivity index (χ4n) is 2.23. The van der Waals surface area contributed by atoms with Crippen LogP contribution >= 0.6 is 0 Å². The van der Waals surface area contributed by atoms with Gasteiger partial charge in [-0.05, 0) is 29.5 Å². The molecule has 0 bridgehead atoms. The number of hydrogen-bond donors (Lipinski definition) is 1. The van der Waals surface area contributed by atoms with Gasteiger partial charge in [-0.3, -0.25) is 4.98 Å². The zero-order chi connectivity index (χ0) is 11.1.